The zero-order valence-electron chi connectivity index (χ0n) is 20.2. The second-order valence-electron chi connectivity index (χ2n) is 8.65. The van der Waals surface area contributed by atoms with Gasteiger partial charge in [0, 0.05) is 37.2 Å². The molecule has 3 heterocycles. The van der Waals surface area contributed by atoms with Crippen LogP contribution in [0.2, 0.25) is 0 Å². The number of ether oxygens (including phenoxy) is 1. The van der Waals surface area contributed by atoms with Crippen LogP contribution in [0.15, 0.2) is 89.5 Å². The number of pyridine rings is 1. The molecule has 0 aliphatic carbocycles. The maximum Gasteiger partial charge on any atom is 0.338 e. The molecule has 36 heavy (non-hydrogen) atoms. The number of esters is 1. The highest BCUT2D eigenvalue weighted by Gasteiger charge is 2.42. The summed E-state index contributed by atoms with van der Waals surface area (Å²) in [7, 11) is 5.38. The lowest BCUT2D eigenvalue weighted by molar-refractivity contribution is 0.0601. The van der Waals surface area contributed by atoms with Gasteiger partial charge in [0.05, 0.1) is 24.4 Å². The van der Waals surface area contributed by atoms with E-state index >= 15 is 0 Å². The Labute approximate surface area is 215 Å². The fourth-order valence-corrected chi connectivity index (χ4v) is 4.82. The average Bonchev–Trinajstić information content (AvgIpc) is 3.53. The summed E-state index contributed by atoms with van der Waals surface area (Å²) in [5.74, 6) is 0.858. The van der Waals surface area contributed by atoms with Gasteiger partial charge in [-0.3, -0.25) is 4.98 Å². The van der Waals surface area contributed by atoms with E-state index in [2.05, 4.69) is 32.2 Å². The summed E-state index contributed by atoms with van der Waals surface area (Å²) in [6.07, 6.45) is 1.77. The van der Waals surface area contributed by atoms with Gasteiger partial charge in [-0.1, -0.05) is 24.3 Å². The number of hydrogen-bond acceptors (Lipinski definition) is 6. The van der Waals surface area contributed by atoms with Crippen molar-refractivity contribution in [3.05, 3.63) is 102 Å². The van der Waals surface area contributed by atoms with Crippen molar-refractivity contribution in [1.29, 1.82) is 0 Å². The van der Waals surface area contributed by atoms with Crippen LogP contribution in [-0.2, 0) is 4.74 Å². The molecule has 182 valence electrons. The topological polar surface area (TPSA) is 70.8 Å². The Morgan fingerprint density at radius 2 is 1.78 bits per heavy atom. The Balaban J connectivity index is 1.59. The Hall–Kier alpha value is -4.17. The van der Waals surface area contributed by atoms with Gasteiger partial charge in [-0.05, 0) is 66.8 Å². The maximum atomic E-state index is 12.4. The number of rotatable bonds is 6. The van der Waals surface area contributed by atoms with Gasteiger partial charge in [0.2, 0.25) is 0 Å². The van der Waals surface area contributed by atoms with Crippen molar-refractivity contribution in [2.75, 3.05) is 31.0 Å². The van der Waals surface area contributed by atoms with Crippen LogP contribution in [0.1, 0.15) is 33.9 Å². The molecule has 0 bridgehead atoms. The highest BCUT2D eigenvalue weighted by molar-refractivity contribution is 7.80. The molecular formula is C28H26N4O3S. The SMILES string of the molecule is COC(=O)c1ccccc1-c1ccc([C@H]2[C@H](c3ccccn3)NC(=S)N2c2ccc(N(C)C)cc2)o1. The molecule has 1 fully saturated rings. The van der Waals surface area contributed by atoms with Gasteiger partial charge in [0.1, 0.15) is 17.6 Å². The van der Waals surface area contributed by atoms with Gasteiger partial charge in [0.15, 0.2) is 5.11 Å². The van der Waals surface area contributed by atoms with Crippen LogP contribution in [-0.4, -0.2) is 37.3 Å². The van der Waals surface area contributed by atoms with Crippen LogP contribution in [0.3, 0.4) is 0 Å². The van der Waals surface area contributed by atoms with E-state index in [1.54, 1.807) is 18.3 Å². The van der Waals surface area contributed by atoms with Gasteiger partial charge in [-0.2, -0.15) is 0 Å². The molecule has 1 aliphatic heterocycles. The fourth-order valence-electron chi connectivity index (χ4n) is 4.48. The summed E-state index contributed by atoms with van der Waals surface area (Å²) in [5.41, 5.74) is 3.99. The third-order valence-electron chi connectivity index (χ3n) is 6.26. The second-order valence-corrected chi connectivity index (χ2v) is 9.03. The summed E-state index contributed by atoms with van der Waals surface area (Å²) in [6.45, 7) is 0. The lowest BCUT2D eigenvalue weighted by Crippen LogP contribution is -2.29. The lowest BCUT2D eigenvalue weighted by atomic mass is 10.0. The molecule has 0 radical (unpaired) electrons. The van der Waals surface area contributed by atoms with Crippen molar-refractivity contribution < 1.29 is 13.9 Å². The monoisotopic (exact) mass is 498 g/mol. The predicted molar refractivity (Wildman–Crippen MR) is 144 cm³/mol. The molecule has 2 aromatic carbocycles. The van der Waals surface area contributed by atoms with E-state index < -0.39 is 5.97 Å². The van der Waals surface area contributed by atoms with Crippen molar-refractivity contribution in [3.63, 3.8) is 0 Å². The summed E-state index contributed by atoms with van der Waals surface area (Å²) in [4.78, 5) is 21.1. The van der Waals surface area contributed by atoms with Crippen LogP contribution in [0.25, 0.3) is 11.3 Å². The summed E-state index contributed by atoms with van der Waals surface area (Å²) in [5, 5.41) is 4.03. The largest absolute Gasteiger partial charge is 0.465 e. The number of carbonyl (C=O) groups is 1. The van der Waals surface area contributed by atoms with Crippen LogP contribution >= 0.6 is 12.2 Å². The molecule has 1 aliphatic rings. The first-order chi connectivity index (χ1) is 17.5. The average molecular weight is 499 g/mol. The highest BCUT2D eigenvalue weighted by Crippen LogP contribution is 2.43. The minimum Gasteiger partial charge on any atom is -0.465 e. The zero-order chi connectivity index (χ0) is 25.2. The second kappa shape index (κ2) is 9.83. The molecule has 1 saturated heterocycles. The molecule has 0 unspecified atom stereocenters. The molecule has 0 spiro atoms. The molecule has 0 saturated carbocycles. The zero-order valence-corrected chi connectivity index (χ0v) is 21.0. The first-order valence-corrected chi connectivity index (χ1v) is 11.9. The smallest absolute Gasteiger partial charge is 0.338 e. The van der Waals surface area contributed by atoms with E-state index in [-0.39, 0.29) is 12.1 Å². The number of methoxy groups -OCH3 is 1. The van der Waals surface area contributed by atoms with Crippen molar-refractivity contribution in [1.82, 2.24) is 10.3 Å². The van der Waals surface area contributed by atoms with Crippen molar-refractivity contribution in [2.24, 2.45) is 0 Å². The number of hydrogen-bond donors (Lipinski definition) is 1. The predicted octanol–water partition coefficient (Wildman–Crippen LogP) is 5.37. The molecule has 5 rings (SSSR count). The Bertz CT molecular complexity index is 1390. The van der Waals surface area contributed by atoms with Crippen LogP contribution in [0.5, 0.6) is 0 Å². The van der Waals surface area contributed by atoms with Gasteiger partial charge in [-0.15, -0.1) is 0 Å². The number of nitrogens with zero attached hydrogens (tertiary/aromatic N) is 3. The molecule has 1 N–H and O–H groups in total. The van der Waals surface area contributed by atoms with Gasteiger partial charge < -0.3 is 24.3 Å². The van der Waals surface area contributed by atoms with Crippen LogP contribution in [0.4, 0.5) is 11.4 Å². The minimum absolute atomic E-state index is 0.234. The summed E-state index contributed by atoms with van der Waals surface area (Å²) in [6, 6.07) is 24.6. The molecule has 8 heteroatoms. The molecule has 2 atom stereocenters. The van der Waals surface area contributed by atoms with Gasteiger partial charge in [0.25, 0.3) is 0 Å². The Morgan fingerprint density at radius 3 is 2.47 bits per heavy atom. The Kier molecular flexibility index (Phi) is 6.43. The van der Waals surface area contributed by atoms with E-state index in [0.29, 0.717) is 27.8 Å². The number of benzene rings is 2. The standard InChI is InChI=1S/C28H26N4O3S/c1-31(2)18-11-13-19(14-12-18)32-26(25(30-28(32)36)22-10-6-7-17-29-22)24-16-15-23(35-24)20-8-4-5-9-21(20)27(33)34-3/h4-17,25-26H,1-3H3,(H,30,36)/t25-,26-/m0/s1. The van der Waals surface area contributed by atoms with Crippen molar-refractivity contribution in [2.45, 2.75) is 12.1 Å². The number of aromatic nitrogens is 1. The van der Waals surface area contributed by atoms with E-state index in [0.717, 1.165) is 17.1 Å². The van der Waals surface area contributed by atoms with E-state index in [9.17, 15) is 4.79 Å². The Morgan fingerprint density at radius 1 is 1.03 bits per heavy atom. The normalized spacial score (nSPS) is 17.1. The number of carbonyl (C=O) groups excluding carboxylic acids is 1. The van der Waals surface area contributed by atoms with Crippen molar-refractivity contribution in [3.8, 4) is 11.3 Å². The quantitative estimate of drug-likeness (QED) is 0.281. The number of furan rings is 1. The molecular weight excluding hydrogens is 472 g/mol. The molecule has 0 amide bonds. The first-order valence-electron chi connectivity index (χ1n) is 11.5. The first kappa shape index (κ1) is 23.6. The van der Waals surface area contributed by atoms with Gasteiger partial charge >= 0.3 is 5.97 Å². The third kappa shape index (κ3) is 4.31. The number of thiocarbonyl (C=S) groups is 1. The molecule has 4 aromatic rings. The van der Waals surface area contributed by atoms with Crippen LogP contribution < -0.4 is 15.1 Å². The maximum absolute atomic E-state index is 12.4. The number of anilines is 2. The lowest BCUT2D eigenvalue weighted by Gasteiger charge is -2.26. The van der Waals surface area contributed by atoms with Crippen molar-refractivity contribution >= 4 is 34.7 Å². The summed E-state index contributed by atoms with van der Waals surface area (Å²) < 4.78 is 11.4. The summed E-state index contributed by atoms with van der Waals surface area (Å²) >= 11 is 5.81. The van der Waals surface area contributed by atoms with E-state index in [4.69, 9.17) is 21.4 Å². The third-order valence-corrected chi connectivity index (χ3v) is 6.57. The van der Waals surface area contributed by atoms with Crippen LogP contribution in [0, 0.1) is 0 Å². The fraction of sp³-hybridized carbons (Fsp3) is 0.179. The molecule has 2 aromatic heterocycles. The van der Waals surface area contributed by atoms with E-state index in [1.165, 1.54) is 7.11 Å². The van der Waals surface area contributed by atoms with E-state index in [1.807, 2.05) is 68.7 Å². The highest BCUT2D eigenvalue weighted by atomic mass is 32.1. The van der Waals surface area contributed by atoms with Gasteiger partial charge in [-0.25, -0.2) is 4.79 Å². The number of nitrogens with one attached hydrogen (secondary N) is 1. The minimum atomic E-state index is -0.416. The molecule has 7 nitrogen and oxygen atoms in total.